The van der Waals surface area contributed by atoms with Crippen LogP contribution in [0.25, 0.3) is 28.1 Å². The molecule has 0 aliphatic rings. The number of halogens is 1. The van der Waals surface area contributed by atoms with Gasteiger partial charge in [0, 0.05) is 24.7 Å². The van der Waals surface area contributed by atoms with Crippen molar-refractivity contribution in [2.24, 2.45) is 7.05 Å². The fourth-order valence-corrected chi connectivity index (χ4v) is 3.49. The molecular weight excluding hydrogens is 348 g/mol. The smallest absolute Gasteiger partial charge is 0.225 e. The summed E-state index contributed by atoms with van der Waals surface area (Å²) in [6.45, 7) is 2.06. The van der Waals surface area contributed by atoms with Crippen molar-refractivity contribution < 1.29 is 4.79 Å². The number of carbonyl (C=O) groups is 1. The molecule has 2 aromatic carbocycles. The number of aryl methyl sites for hydroxylation is 2. The second-order valence-corrected chi connectivity index (χ2v) is 6.89. The number of nitrogens with one attached hydrogen (secondary N) is 1. The molecule has 0 aliphatic carbocycles. The molecule has 1 amide bonds. The minimum absolute atomic E-state index is 0.0494. The standard InChI is InChI=1S/C20H19ClN4O/c1-12-4-9-15-16(10-12)25-17(11-18(26)22-2)19(23-20(25)24(15)3)13-5-7-14(21)8-6-13/h4-10H,11H2,1-3H3,(H,22,26). The van der Waals surface area contributed by atoms with Crippen LogP contribution in [0.1, 0.15) is 11.3 Å². The van der Waals surface area contributed by atoms with Crippen LogP contribution in [0.3, 0.4) is 0 Å². The molecule has 0 spiro atoms. The normalized spacial score (nSPS) is 11.4. The van der Waals surface area contributed by atoms with Crippen molar-refractivity contribution in [2.45, 2.75) is 13.3 Å². The van der Waals surface area contributed by atoms with Crippen LogP contribution in [0.15, 0.2) is 42.5 Å². The lowest BCUT2D eigenvalue weighted by molar-refractivity contribution is -0.120. The van der Waals surface area contributed by atoms with Gasteiger partial charge in [0.1, 0.15) is 0 Å². The quantitative estimate of drug-likeness (QED) is 0.600. The number of likely N-dealkylation sites (N-methyl/N-ethyl adjacent to an activating group) is 1. The van der Waals surface area contributed by atoms with Crippen LogP contribution in [0.2, 0.25) is 5.02 Å². The molecule has 4 rings (SSSR count). The average molecular weight is 367 g/mol. The van der Waals surface area contributed by atoms with Crippen molar-refractivity contribution in [1.82, 2.24) is 19.3 Å². The van der Waals surface area contributed by atoms with Crippen LogP contribution in [-0.2, 0) is 18.3 Å². The molecule has 1 N–H and O–H groups in total. The lowest BCUT2D eigenvalue weighted by Gasteiger charge is -2.06. The highest BCUT2D eigenvalue weighted by atomic mass is 35.5. The van der Waals surface area contributed by atoms with E-state index in [2.05, 4.69) is 39.4 Å². The van der Waals surface area contributed by atoms with E-state index in [0.717, 1.165) is 39.3 Å². The van der Waals surface area contributed by atoms with Gasteiger partial charge in [-0.2, -0.15) is 0 Å². The Hall–Kier alpha value is -2.79. The first-order valence-corrected chi connectivity index (χ1v) is 8.80. The molecule has 132 valence electrons. The number of carbonyl (C=O) groups excluding carboxylic acids is 1. The van der Waals surface area contributed by atoms with Gasteiger partial charge in [-0.15, -0.1) is 0 Å². The van der Waals surface area contributed by atoms with E-state index in [1.807, 2.05) is 31.3 Å². The molecule has 0 fully saturated rings. The first-order valence-electron chi connectivity index (χ1n) is 8.42. The molecule has 26 heavy (non-hydrogen) atoms. The molecular formula is C20H19ClN4O. The lowest BCUT2D eigenvalue weighted by atomic mass is 10.1. The van der Waals surface area contributed by atoms with Crippen LogP contribution in [-0.4, -0.2) is 26.9 Å². The van der Waals surface area contributed by atoms with Gasteiger partial charge in [-0.25, -0.2) is 4.98 Å². The SMILES string of the molecule is CNC(=O)Cc1c(-c2ccc(Cl)cc2)nc2n(C)c3ccc(C)cc3n12. The summed E-state index contributed by atoms with van der Waals surface area (Å²) in [6.07, 6.45) is 0.253. The number of amides is 1. The first-order chi connectivity index (χ1) is 12.5. The third-order valence-corrected chi connectivity index (χ3v) is 4.96. The van der Waals surface area contributed by atoms with Crippen LogP contribution in [0, 0.1) is 6.92 Å². The third-order valence-electron chi connectivity index (χ3n) is 4.71. The number of fused-ring (bicyclic) bond motifs is 3. The molecule has 0 aliphatic heterocycles. The Balaban J connectivity index is 2.07. The van der Waals surface area contributed by atoms with E-state index in [0.29, 0.717) is 5.02 Å². The molecule has 2 aromatic heterocycles. The van der Waals surface area contributed by atoms with Crippen molar-refractivity contribution in [3.8, 4) is 11.3 Å². The molecule has 6 heteroatoms. The number of aromatic nitrogens is 3. The Morgan fingerprint density at radius 2 is 1.88 bits per heavy atom. The zero-order chi connectivity index (χ0) is 18.4. The third kappa shape index (κ3) is 2.56. The van der Waals surface area contributed by atoms with Crippen LogP contribution in [0.4, 0.5) is 0 Å². The van der Waals surface area contributed by atoms with Gasteiger partial charge in [0.2, 0.25) is 11.7 Å². The largest absolute Gasteiger partial charge is 0.359 e. The molecule has 0 saturated carbocycles. The highest BCUT2D eigenvalue weighted by Gasteiger charge is 2.21. The molecule has 0 saturated heterocycles. The van der Waals surface area contributed by atoms with Gasteiger partial charge >= 0.3 is 0 Å². The maximum atomic E-state index is 12.2. The molecule has 2 heterocycles. The Bertz CT molecular complexity index is 1140. The van der Waals surface area contributed by atoms with Gasteiger partial charge in [-0.05, 0) is 36.8 Å². The van der Waals surface area contributed by atoms with Crippen molar-refractivity contribution in [1.29, 1.82) is 0 Å². The zero-order valence-corrected chi connectivity index (χ0v) is 15.6. The fraction of sp³-hybridized carbons (Fsp3) is 0.200. The Labute approximate surface area is 156 Å². The highest BCUT2D eigenvalue weighted by Crippen LogP contribution is 2.30. The minimum atomic E-state index is -0.0494. The average Bonchev–Trinajstić information content (AvgIpc) is 3.12. The number of benzene rings is 2. The van der Waals surface area contributed by atoms with E-state index in [1.54, 1.807) is 7.05 Å². The molecule has 5 nitrogen and oxygen atoms in total. The number of hydrogen-bond acceptors (Lipinski definition) is 2. The topological polar surface area (TPSA) is 51.3 Å². The van der Waals surface area contributed by atoms with E-state index in [9.17, 15) is 4.79 Å². The van der Waals surface area contributed by atoms with Crippen LogP contribution < -0.4 is 5.32 Å². The summed E-state index contributed by atoms with van der Waals surface area (Å²) in [7, 11) is 3.64. The van der Waals surface area contributed by atoms with Crippen LogP contribution in [0.5, 0.6) is 0 Å². The summed E-state index contributed by atoms with van der Waals surface area (Å²) in [5.41, 5.74) is 5.92. The summed E-state index contributed by atoms with van der Waals surface area (Å²) >= 11 is 6.03. The van der Waals surface area contributed by atoms with Gasteiger partial charge < -0.3 is 9.88 Å². The molecule has 4 aromatic rings. The van der Waals surface area contributed by atoms with Gasteiger partial charge in [0.05, 0.1) is 28.8 Å². The minimum Gasteiger partial charge on any atom is -0.359 e. The van der Waals surface area contributed by atoms with Gasteiger partial charge in [0.25, 0.3) is 0 Å². The molecule has 0 bridgehead atoms. The van der Waals surface area contributed by atoms with Crippen molar-refractivity contribution in [2.75, 3.05) is 7.05 Å². The Morgan fingerprint density at radius 3 is 2.58 bits per heavy atom. The van der Waals surface area contributed by atoms with E-state index in [1.165, 1.54) is 0 Å². The van der Waals surface area contributed by atoms with Gasteiger partial charge in [-0.3, -0.25) is 9.20 Å². The highest BCUT2D eigenvalue weighted by molar-refractivity contribution is 6.30. The zero-order valence-electron chi connectivity index (χ0n) is 14.9. The number of nitrogens with zero attached hydrogens (tertiary/aromatic N) is 3. The molecule has 0 atom stereocenters. The van der Waals surface area contributed by atoms with Gasteiger partial charge in [-0.1, -0.05) is 29.8 Å². The summed E-state index contributed by atoms with van der Waals surface area (Å²) in [5, 5.41) is 3.39. The number of rotatable bonds is 3. The first kappa shape index (κ1) is 16.7. The van der Waals surface area contributed by atoms with Crippen LogP contribution >= 0.6 is 11.6 Å². The van der Waals surface area contributed by atoms with E-state index < -0.39 is 0 Å². The van der Waals surface area contributed by atoms with E-state index in [4.69, 9.17) is 16.6 Å². The predicted molar refractivity (Wildman–Crippen MR) is 105 cm³/mol. The van der Waals surface area contributed by atoms with Crippen molar-refractivity contribution >= 4 is 34.3 Å². The summed E-state index contributed by atoms with van der Waals surface area (Å²) in [6, 6.07) is 13.9. The summed E-state index contributed by atoms with van der Waals surface area (Å²) in [4.78, 5) is 17.1. The number of imidazole rings is 2. The second kappa shape index (κ2) is 6.18. The second-order valence-electron chi connectivity index (χ2n) is 6.45. The molecule has 0 radical (unpaired) electrons. The predicted octanol–water partition coefficient (Wildman–Crippen LogP) is 3.74. The maximum absolute atomic E-state index is 12.2. The van der Waals surface area contributed by atoms with Gasteiger partial charge in [0.15, 0.2) is 0 Å². The van der Waals surface area contributed by atoms with E-state index >= 15 is 0 Å². The van der Waals surface area contributed by atoms with Crippen molar-refractivity contribution in [3.63, 3.8) is 0 Å². The Kier molecular flexibility index (Phi) is 3.96. The Morgan fingerprint density at radius 1 is 1.15 bits per heavy atom. The molecule has 0 unspecified atom stereocenters. The monoisotopic (exact) mass is 366 g/mol. The lowest BCUT2D eigenvalue weighted by Crippen LogP contribution is -2.21. The van der Waals surface area contributed by atoms with Crippen molar-refractivity contribution in [3.05, 3.63) is 58.7 Å². The fourth-order valence-electron chi connectivity index (χ4n) is 3.37. The number of hydrogen-bond donors (Lipinski definition) is 1. The summed E-state index contributed by atoms with van der Waals surface area (Å²) < 4.78 is 4.14. The van der Waals surface area contributed by atoms with E-state index in [-0.39, 0.29) is 12.3 Å². The maximum Gasteiger partial charge on any atom is 0.225 e. The summed E-state index contributed by atoms with van der Waals surface area (Å²) in [5.74, 6) is 0.765.